The van der Waals surface area contributed by atoms with Crippen molar-refractivity contribution in [2.45, 2.75) is 33.7 Å². The maximum Gasteiger partial charge on any atom is 0.256 e. The zero-order valence-corrected chi connectivity index (χ0v) is 20.3. The summed E-state index contributed by atoms with van der Waals surface area (Å²) in [4.78, 5) is 27.3. The second-order valence-electron chi connectivity index (χ2n) is 9.02. The highest BCUT2D eigenvalue weighted by molar-refractivity contribution is 6.07. The predicted octanol–water partition coefficient (Wildman–Crippen LogP) is 4.35. The van der Waals surface area contributed by atoms with Crippen molar-refractivity contribution < 1.29 is 18.7 Å². The summed E-state index contributed by atoms with van der Waals surface area (Å²) in [6.45, 7) is 7.96. The van der Waals surface area contributed by atoms with Crippen LogP contribution in [0.4, 0.5) is 0 Å². The van der Waals surface area contributed by atoms with E-state index in [1.165, 1.54) is 0 Å². The molecule has 2 N–H and O–H groups in total. The minimum atomic E-state index is -0.203. The normalized spacial score (nSPS) is 17.5. The van der Waals surface area contributed by atoms with E-state index in [1.54, 1.807) is 67.0 Å². The first-order chi connectivity index (χ1) is 16.7. The lowest BCUT2D eigenvalue weighted by atomic mass is 9.85. The van der Waals surface area contributed by atoms with Gasteiger partial charge in [0.25, 0.3) is 11.8 Å². The molecular weight excluding hydrogens is 446 g/mol. The van der Waals surface area contributed by atoms with Gasteiger partial charge in [0.15, 0.2) is 5.75 Å². The van der Waals surface area contributed by atoms with E-state index < -0.39 is 0 Å². The first kappa shape index (κ1) is 22.6. The van der Waals surface area contributed by atoms with Crippen LogP contribution in [0.3, 0.4) is 0 Å². The van der Waals surface area contributed by atoms with E-state index in [2.05, 4.69) is 10.4 Å². The maximum absolute atomic E-state index is 13.3. The highest BCUT2D eigenvalue weighted by Gasteiger charge is 2.40. The van der Waals surface area contributed by atoms with Crippen molar-refractivity contribution in [2.75, 3.05) is 13.6 Å². The number of fused-ring (bicyclic) bond motifs is 2. The largest absolute Gasteiger partial charge is 0.460 e. The molecule has 0 aliphatic carbocycles. The van der Waals surface area contributed by atoms with Crippen LogP contribution in [0.1, 0.15) is 45.9 Å². The van der Waals surface area contributed by atoms with E-state index in [4.69, 9.17) is 14.6 Å². The second kappa shape index (κ2) is 8.26. The third kappa shape index (κ3) is 3.54. The van der Waals surface area contributed by atoms with Gasteiger partial charge in [0, 0.05) is 55.0 Å². The Morgan fingerprint density at radius 3 is 2.71 bits per heavy atom. The molecule has 1 aliphatic heterocycles. The van der Waals surface area contributed by atoms with E-state index >= 15 is 0 Å². The second-order valence-corrected chi connectivity index (χ2v) is 9.02. The smallest absolute Gasteiger partial charge is 0.256 e. The van der Waals surface area contributed by atoms with Gasteiger partial charge < -0.3 is 24.8 Å². The van der Waals surface area contributed by atoms with Gasteiger partial charge in [0.2, 0.25) is 0 Å². The average Bonchev–Trinajstić information content (AvgIpc) is 3.33. The van der Waals surface area contributed by atoms with Crippen molar-refractivity contribution in [1.82, 2.24) is 19.8 Å². The topological polar surface area (TPSA) is 113 Å². The van der Waals surface area contributed by atoms with Gasteiger partial charge in [-0.15, -0.1) is 0 Å². The Balaban J connectivity index is 1.47. The fraction of sp³-hybridized carbons (Fsp3) is 0.308. The van der Waals surface area contributed by atoms with Gasteiger partial charge in [-0.25, -0.2) is 4.52 Å². The molecule has 0 bridgehead atoms. The van der Waals surface area contributed by atoms with Crippen molar-refractivity contribution >= 4 is 34.0 Å². The van der Waals surface area contributed by atoms with Crippen LogP contribution < -0.4 is 10.1 Å². The van der Waals surface area contributed by atoms with Gasteiger partial charge in [0.05, 0.1) is 17.3 Å². The summed E-state index contributed by atoms with van der Waals surface area (Å²) in [5.74, 6) is 1.46. The number of hydrogen-bond acceptors (Lipinski definition) is 6. The molecule has 4 heterocycles. The molecular formula is C26H27N5O4. The molecule has 0 spiro atoms. The van der Waals surface area contributed by atoms with Gasteiger partial charge in [-0.05, 0) is 45.4 Å². The summed E-state index contributed by atoms with van der Waals surface area (Å²) in [6, 6.07) is 7.08. The summed E-state index contributed by atoms with van der Waals surface area (Å²) in [6.07, 6.45) is 3.35. The van der Waals surface area contributed by atoms with E-state index in [9.17, 15) is 9.59 Å². The molecule has 35 heavy (non-hydrogen) atoms. The lowest BCUT2D eigenvalue weighted by Crippen LogP contribution is -2.59. The third-order valence-corrected chi connectivity index (χ3v) is 6.92. The number of amides is 2. The number of carbonyl (C=O) groups is 2. The molecule has 9 heteroatoms. The predicted molar refractivity (Wildman–Crippen MR) is 132 cm³/mol. The monoisotopic (exact) mass is 473 g/mol. The summed E-state index contributed by atoms with van der Waals surface area (Å²) >= 11 is 0. The minimum Gasteiger partial charge on any atom is -0.460 e. The van der Waals surface area contributed by atoms with Crippen LogP contribution in [0.5, 0.6) is 11.5 Å². The van der Waals surface area contributed by atoms with Crippen LogP contribution in [-0.2, 0) is 0 Å². The lowest BCUT2D eigenvalue weighted by Gasteiger charge is -2.46. The Morgan fingerprint density at radius 2 is 2.03 bits per heavy atom. The third-order valence-electron chi connectivity index (χ3n) is 6.92. The molecule has 3 aromatic heterocycles. The Bertz CT molecular complexity index is 1520. The maximum atomic E-state index is 13.3. The Hall–Kier alpha value is -4.14. The number of furan rings is 1. The summed E-state index contributed by atoms with van der Waals surface area (Å²) in [5.41, 5.74) is 3.70. The van der Waals surface area contributed by atoms with Crippen LogP contribution >= 0.6 is 0 Å². The molecule has 1 saturated heterocycles. The molecule has 9 nitrogen and oxygen atoms in total. The van der Waals surface area contributed by atoms with Gasteiger partial charge in [0.1, 0.15) is 22.6 Å². The number of likely N-dealkylation sites (tertiary alicyclic amines) is 1. The molecule has 1 fully saturated rings. The number of ether oxygens (including phenoxy) is 1. The molecule has 1 aliphatic rings. The van der Waals surface area contributed by atoms with Crippen LogP contribution in [0, 0.1) is 25.2 Å². The quantitative estimate of drug-likeness (QED) is 0.419. The molecule has 5 rings (SSSR count). The Kier molecular flexibility index (Phi) is 5.35. The Labute approximate surface area is 202 Å². The Morgan fingerprint density at radius 1 is 1.26 bits per heavy atom. The highest BCUT2D eigenvalue weighted by Crippen LogP contribution is 2.35. The summed E-state index contributed by atoms with van der Waals surface area (Å²) in [7, 11) is 1.58. The number of benzene rings is 1. The number of aryl methyl sites for hydroxylation is 2. The zero-order chi connectivity index (χ0) is 25.0. The minimum absolute atomic E-state index is 0.00532. The summed E-state index contributed by atoms with van der Waals surface area (Å²) in [5, 5.41) is 15.6. The number of aromatic nitrogens is 2. The molecule has 2 atom stereocenters. The van der Waals surface area contributed by atoms with E-state index in [0.717, 1.165) is 5.56 Å². The summed E-state index contributed by atoms with van der Waals surface area (Å²) < 4.78 is 13.7. The van der Waals surface area contributed by atoms with E-state index in [1.807, 2.05) is 13.8 Å². The fourth-order valence-electron chi connectivity index (χ4n) is 4.85. The lowest BCUT2D eigenvalue weighted by molar-refractivity contribution is 0.0380. The van der Waals surface area contributed by atoms with Crippen molar-refractivity contribution in [2.24, 2.45) is 5.92 Å². The molecule has 0 saturated carbocycles. The van der Waals surface area contributed by atoms with Crippen molar-refractivity contribution in [3.05, 3.63) is 59.1 Å². The van der Waals surface area contributed by atoms with Crippen molar-refractivity contribution in [3.63, 3.8) is 0 Å². The number of nitrogens with one attached hydrogen (secondary N) is 2. The first-order valence-corrected chi connectivity index (χ1v) is 11.5. The SMILES string of the molecule is CNC(=O)c1c(C)oc2cc(Oc3ccnn4cc(C(=O)N5C[C@@H](C(C)=N)[C@H]5C)c(C)c34)ccc12. The van der Waals surface area contributed by atoms with E-state index in [0.29, 0.717) is 57.1 Å². The number of carbonyl (C=O) groups excluding carboxylic acids is 2. The van der Waals surface area contributed by atoms with Crippen molar-refractivity contribution in [3.8, 4) is 11.5 Å². The van der Waals surface area contributed by atoms with Crippen LogP contribution in [0.15, 0.2) is 41.1 Å². The number of rotatable bonds is 5. The van der Waals surface area contributed by atoms with Gasteiger partial charge in [-0.2, -0.15) is 5.10 Å². The number of nitrogens with zero attached hydrogens (tertiary/aromatic N) is 3. The van der Waals surface area contributed by atoms with Gasteiger partial charge in [-0.1, -0.05) is 0 Å². The molecule has 1 aromatic carbocycles. The first-order valence-electron chi connectivity index (χ1n) is 11.5. The highest BCUT2D eigenvalue weighted by atomic mass is 16.5. The standard InChI is InChI=1S/C26H27N5O4/c1-13-19(26(33)30-11-20(14(2)27)15(30)3)12-31-24(13)21(8-9-29-31)35-17-6-7-18-22(10-17)34-16(4)23(18)25(32)28-5/h6-10,12,15,20,27H,11H2,1-5H3,(H,28,32)/t15-,20+/m1/s1. The van der Waals surface area contributed by atoms with Crippen LogP contribution in [-0.4, -0.2) is 51.7 Å². The number of hydrogen-bond donors (Lipinski definition) is 2. The molecule has 0 radical (unpaired) electrons. The van der Waals surface area contributed by atoms with E-state index in [-0.39, 0.29) is 23.8 Å². The zero-order valence-electron chi connectivity index (χ0n) is 20.3. The molecule has 4 aromatic rings. The molecule has 180 valence electrons. The van der Waals surface area contributed by atoms with Crippen molar-refractivity contribution in [1.29, 1.82) is 5.41 Å². The fourth-order valence-corrected chi connectivity index (χ4v) is 4.85. The van der Waals surface area contributed by atoms with Crippen LogP contribution in [0.25, 0.3) is 16.5 Å². The molecule has 0 unspecified atom stereocenters. The van der Waals surface area contributed by atoms with Gasteiger partial charge in [-0.3, -0.25) is 9.59 Å². The molecule has 2 amide bonds. The average molecular weight is 474 g/mol. The van der Waals surface area contributed by atoms with Crippen LogP contribution in [0.2, 0.25) is 0 Å². The van der Waals surface area contributed by atoms with Gasteiger partial charge >= 0.3 is 0 Å².